The number of benzene rings is 1. The molecule has 0 saturated heterocycles. The van der Waals surface area contributed by atoms with Crippen LogP contribution < -0.4 is 10.1 Å². The van der Waals surface area contributed by atoms with Gasteiger partial charge in [0.25, 0.3) is 0 Å². The Morgan fingerprint density at radius 2 is 2.05 bits per heavy atom. The van der Waals surface area contributed by atoms with Crippen LogP contribution >= 0.6 is 0 Å². The van der Waals surface area contributed by atoms with Gasteiger partial charge in [0.1, 0.15) is 11.6 Å². The highest BCUT2D eigenvalue weighted by Crippen LogP contribution is 2.26. The monoisotopic (exact) mass is 281 g/mol. The summed E-state index contributed by atoms with van der Waals surface area (Å²) in [6, 6.07) is 4.77. The molecular formula is C16H24FNO2. The van der Waals surface area contributed by atoms with Crippen molar-refractivity contribution >= 4 is 0 Å². The van der Waals surface area contributed by atoms with Gasteiger partial charge in [-0.1, -0.05) is 6.42 Å². The normalized spacial score (nSPS) is 16.3. The fourth-order valence-corrected chi connectivity index (χ4v) is 2.56. The summed E-state index contributed by atoms with van der Waals surface area (Å²) in [6.07, 6.45) is 6.25. The molecule has 1 saturated carbocycles. The maximum absolute atomic E-state index is 13.4. The number of ether oxygens (including phenoxy) is 2. The molecule has 0 bridgehead atoms. The average Bonchev–Trinajstić information content (AvgIpc) is 2.47. The van der Waals surface area contributed by atoms with E-state index in [1.54, 1.807) is 19.2 Å². The van der Waals surface area contributed by atoms with E-state index in [1.807, 2.05) is 0 Å². The van der Waals surface area contributed by atoms with Crippen LogP contribution in [0.1, 0.15) is 37.7 Å². The topological polar surface area (TPSA) is 30.5 Å². The largest absolute Gasteiger partial charge is 0.490 e. The number of nitrogens with one attached hydrogen (secondary N) is 1. The smallest absolute Gasteiger partial charge is 0.124 e. The Kier molecular flexibility index (Phi) is 6.27. The Balaban J connectivity index is 1.95. The Morgan fingerprint density at radius 3 is 2.80 bits per heavy atom. The Labute approximate surface area is 120 Å². The number of methoxy groups -OCH3 is 1. The first-order valence-corrected chi connectivity index (χ1v) is 7.44. The number of rotatable bonds is 7. The zero-order chi connectivity index (χ0) is 14.2. The summed E-state index contributed by atoms with van der Waals surface area (Å²) in [6.45, 7) is 1.99. The van der Waals surface area contributed by atoms with E-state index in [1.165, 1.54) is 25.3 Å². The van der Waals surface area contributed by atoms with E-state index in [0.29, 0.717) is 13.2 Å². The summed E-state index contributed by atoms with van der Waals surface area (Å²) >= 11 is 0. The summed E-state index contributed by atoms with van der Waals surface area (Å²) in [5.41, 5.74) is 0.881. The van der Waals surface area contributed by atoms with Gasteiger partial charge < -0.3 is 14.8 Å². The summed E-state index contributed by atoms with van der Waals surface area (Å²) < 4.78 is 24.4. The zero-order valence-corrected chi connectivity index (χ0v) is 12.2. The third kappa shape index (κ3) is 4.76. The second kappa shape index (κ2) is 8.22. The first-order chi connectivity index (χ1) is 9.79. The van der Waals surface area contributed by atoms with Crippen LogP contribution in [0.15, 0.2) is 18.2 Å². The molecule has 1 aliphatic rings. The lowest BCUT2D eigenvalue weighted by Gasteiger charge is -2.24. The molecule has 4 heteroatoms. The Hall–Kier alpha value is -1.13. The fourth-order valence-electron chi connectivity index (χ4n) is 2.56. The van der Waals surface area contributed by atoms with Crippen molar-refractivity contribution in [2.45, 2.75) is 44.8 Å². The van der Waals surface area contributed by atoms with Gasteiger partial charge in [-0.05, 0) is 43.9 Å². The number of hydrogen-bond acceptors (Lipinski definition) is 3. The molecule has 1 fully saturated rings. The van der Waals surface area contributed by atoms with E-state index in [-0.39, 0.29) is 11.9 Å². The molecule has 20 heavy (non-hydrogen) atoms. The van der Waals surface area contributed by atoms with Gasteiger partial charge in [0.15, 0.2) is 0 Å². The molecule has 2 rings (SSSR count). The molecule has 0 radical (unpaired) electrons. The van der Waals surface area contributed by atoms with Crippen LogP contribution in [0.25, 0.3) is 0 Å². The van der Waals surface area contributed by atoms with E-state index < -0.39 is 0 Å². The zero-order valence-electron chi connectivity index (χ0n) is 12.2. The van der Waals surface area contributed by atoms with Crippen molar-refractivity contribution in [3.63, 3.8) is 0 Å². The van der Waals surface area contributed by atoms with Gasteiger partial charge in [0, 0.05) is 25.8 Å². The van der Waals surface area contributed by atoms with E-state index in [0.717, 1.165) is 30.7 Å². The molecule has 0 amide bonds. The highest BCUT2D eigenvalue weighted by Gasteiger charge is 2.16. The molecule has 0 unspecified atom stereocenters. The van der Waals surface area contributed by atoms with E-state index in [2.05, 4.69) is 5.32 Å². The van der Waals surface area contributed by atoms with Crippen molar-refractivity contribution in [2.24, 2.45) is 0 Å². The summed E-state index contributed by atoms with van der Waals surface area (Å²) in [5.74, 6) is 0.591. The van der Waals surface area contributed by atoms with Gasteiger partial charge >= 0.3 is 0 Å². The number of hydrogen-bond donors (Lipinski definition) is 1. The van der Waals surface area contributed by atoms with Crippen LogP contribution in [0.4, 0.5) is 4.39 Å². The first kappa shape index (κ1) is 15.3. The molecular weight excluding hydrogens is 257 g/mol. The third-order valence-corrected chi connectivity index (χ3v) is 3.67. The molecule has 3 nitrogen and oxygen atoms in total. The standard InChI is InChI=1S/C16H24FNO2/c1-19-10-9-18-12-13-11-14(17)7-8-16(13)20-15-5-3-2-4-6-15/h7-8,11,15,18H,2-6,9-10,12H2,1H3. The lowest BCUT2D eigenvalue weighted by molar-refractivity contribution is 0.153. The van der Waals surface area contributed by atoms with Gasteiger partial charge in [-0.2, -0.15) is 0 Å². The maximum Gasteiger partial charge on any atom is 0.124 e. The van der Waals surface area contributed by atoms with Crippen molar-refractivity contribution in [3.8, 4) is 5.75 Å². The van der Waals surface area contributed by atoms with Crippen molar-refractivity contribution in [1.29, 1.82) is 0 Å². The van der Waals surface area contributed by atoms with E-state index >= 15 is 0 Å². The van der Waals surface area contributed by atoms with Crippen molar-refractivity contribution in [2.75, 3.05) is 20.3 Å². The molecule has 0 aliphatic heterocycles. The third-order valence-electron chi connectivity index (χ3n) is 3.67. The predicted octanol–water partition coefficient (Wildman–Crippen LogP) is 3.27. The summed E-state index contributed by atoms with van der Waals surface area (Å²) in [5, 5.41) is 3.24. The average molecular weight is 281 g/mol. The molecule has 1 aromatic carbocycles. The molecule has 0 aromatic heterocycles. The second-order valence-corrected chi connectivity index (χ2v) is 5.30. The quantitative estimate of drug-likeness (QED) is 0.778. The SMILES string of the molecule is COCCNCc1cc(F)ccc1OC1CCCCC1. The van der Waals surface area contributed by atoms with Crippen LogP contribution in [-0.4, -0.2) is 26.4 Å². The van der Waals surface area contributed by atoms with Crippen LogP contribution in [0.2, 0.25) is 0 Å². The summed E-state index contributed by atoms with van der Waals surface area (Å²) in [7, 11) is 1.67. The fraction of sp³-hybridized carbons (Fsp3) is 0.625. The van der Waals surface area contributed by atoms with E-state index in [9.17, 15) is 4.39 Å². The molecule has 112 valence electrons. The van der Waals surface area contributed by atoms with Crippen molar-refractivity contribution < 1.29 is 13.9 Å². The van der Waals surface area contributed by atoms with Gasteiger partial charge in [0.05, 0.1) is 12.7 Å². The van der Waals surface area contributed by atoms with Crippen molar-refractivity contribution in [3.05, 3.63) is 29.6 Å². The minimum atomic E-state index is -0.218. The Bertz CT molecular complexity index is 405. The maximum atomic E-state index is 13.4. The van der Waals surface area contributed by atoms with Gasteiger partial charge in [-0.15, -0.1) is 0 Å². The van der Waals surface area contributed by atoms with Crippen LogP contribution in [-0.2, 0) is 11.3 Å². The van der Waals surface area contributed by atoms with E-state index in [4.69, 9.17) is 9.47 Å². The molecule has 1 aliphatic carbocycles. The molecule has 0 atom stereocenters. The Morgan fingerprint density at radius 1 is 1.25 bits per heavy atom. The lowest BCUT2D eigenvalue weighted by atomic mass is 9.97. The highest BCUT2D eigenvalue weighted by molar-refractivity contribution is 5.34. The summed E-state index contributed by atoms with van der Waals surface area (Å²) in [4.78, 5) is 0. The molecule has 1 N–H and O–H groups in total. The first-order valence-electron chi connectivity index (χ1n) is 7.44. The van der Waals surface area contributed by atoms with Crippen LogP contribution in [0.3, 0.4) is 0 Å². The number of halogens is 1. The predicted molar refractivity (Wildman–Crippen MR) is 77.5 cm³/mol. The highest BCUT2D eigenvalue weighted by atomic mass is 19.1. The molecule has 1 aromatic rings. The molecule has 0 heterocycles. The molecule has 0 spiro atoms. The van der Waals surface area contributed by atoms with Crippen LogP contribution in [0.5, 0.6) is 5.75 Å². The second-order valence-electron chi connectivity index (χ2n) is 5.30. The minimum Gasteiger partial charge on any atom is -0.490 e. The van der Waals surface area contributed by atoms with Gasteiger partial charge in [-0.3, -0.25) is 0 Å². The van der Waals surface area contributed by atoms with Crippen molar-refractivity contribution in [1.82, 2.24) is 5.32 Å². The lowest BCUT2D eigenvalue weighted by Crippen LogP contribution is -2.22. The van der Waals surface area contributed by atoms with Gasteiger partial charge in [0.2, 0.25) is 0 Å². The van der Waals surface area contributed by atoms with Crippen LogP contribution in [0, 0.1) is 5.82 Å². The minimum absolute atomic E-state index is 0.218. The van der Waals surface area contributed by atoms with Gasteiger partial charge in [-0.25, -0.2) is 4.39 Å².